The van der Waals surface area contributed by atoms with E-state index >= 15 is 0 Å². The first-order chi connectivity index (χ1) is 9.40. The van der Waals surface area contributed by atoms with Crippen molar-refractivity contribution in [3.05, 3.63) is 11.4 Å². The lowest BCUT2D eigenvalue weighted by atomic mass is 10.1. The smallest absolute Gasteiger partial charge is 0.224 e. The van der Waals surface area contributed by atoms with E-state index in [1.807, 2.05) is 39.6 Å². The Bertz CT molecular complexity index is 475. The molecule has 1 amide bonds. The molecule has 0 aliphatic heterocycles. The van der Waals surface area contributed by atoms with Crippen LogP contribution in [0.15, 0.2) is 0 Å². The average Bonchev–Trinajstić information content (AvgIpc) is 2.41. The van der Waals surface area contributed by atoms with Crippen molar-refractivity contribution in [3.63, 3.8) is 0 Å². The van der Waals surface area contributed by atoms with E-state index in [4.69, 9.17) is 0 Å². The molecule has 0 saturated carbocycles. The van der Waals surface area contributed by atoms with Gasteiger partial charge in [-0.3, -0.25) is 4.79 Å². The fourth-order valence-corrected chi connectivity index (χ4v) is 2.15. The zero-order valence-electron chi connectivity index (χ0n) is 13.2. The van der Waals surface area contributed by atoms with Gasteiger partial charge in [0.1, 0.15) is 17.5 Å². The molecule has 1 atom stereocenters. The van der Waals surface area contributed by atoms with E-state index in [9.17, 15) is 4.79 Å². The fourth-order valence-electron chi connectivity index (χ4n) is 2.15. The molecule has 6 heteroatoms. The Hall–Kier alpha value is -1.85. The predicted octanol–water partition coefficient (Wildman–Crippen LogP) is 1.34. The van der Waals surface area contributed by atoms with Crippen LogP contribution in [-0.4, -0.2) is 43.1 Å². The minimum Gasteiger partial charge on any atom is -0.370 e. The van der Waals surface area contributed by atoms with Crippen LogP contribution in [0.4, 0.5) is 11.6 Å². The summed E-state index contributed by atoms with van der Waals surface area (Å²) in [5.41, 5.74) is 1.00. The Morgan fingerprint density at radius 3 is 2.55 bits per heavy atom. The minimum atomic E-state index is -0.0951. The number of amides is 1. The van der Waals surface area contributed by atoms with Gasteiger partial charge >= 0.3 is 0 Å². The van der Waals surface area contributed by atoms with Crippen LogP contribution in [0.2, 0.25) is 0 Å². The van der Waals surface area contributed by atoms with Crippen molar-refractivity contribution in [2.24, 2.45) is 5.92 Å². The number of rotatable bonds is 6. The molecule has 1 aromatic rings. The van der Waals surface area contributed by atoms with Gasteiger partial charge in [0, 0.05) is 32.7 Å². The summed E-state index contributed by atoms with van der Waals surface area (Å²) in [4.78, 5) is 22.5. The maximum absolute atomic E-state index is 11.6. The number of hydrogen-bond acceptors (Lipinski definition) is 5. The summed E-state index contributed by atoms with van der Waals surface area (Å²) in [5.74, 6) is 2.38. The second-order valence-corrected chi connectivity index (χ2v) is 4.99. The van der Waals surface area contributed by atoms with Gasteiger partial charge in [-0.1, -0.05) is 6.92 Å². The predicted molar refractivity (Wildman–Crippen MR) is 82.2 cm³/mol. The van der Waals surface area contributed by atoms with Crippen LogP contribution >= 0.6 is 0 Å². The Morgan fingerprint density at radius 2 is 2.00 bits per heavy atom. The van der Waals surface area contributed by atoms with Crippen molar-refractivity contribution < 1.29 is 4.79 Å². The van der Waals surface area contributed by atoms with E-state index in [0.29, 0.717) is 6.54 Å². The fraction of sp³-hybridized carbons (Fsp3) is 0.643. The van der Waals surface area contributed by atoms with Gasteiger partial charge in [0.05, 0.1) is 5.92 Å². The third kappa shape index (κ3) is 3.82. The molecule has 0 spiro atoms. The topological polar surface area (TPSA) is 70.2 Å². The number of carbonyl (C=O) groups excluding carboxylic acids is 1. The molecule has 0 aliphatic carbocycles. The maximum atomic E-state index is 11.6. The van der Waals surface area contributed by atoms with Gasteiger partial charge in [0.2, 0.25) is 5.91 Å². The summed E-state index contributed by atoms with van der Waals surface area (Å²) in [5, 5.41) is 5.91. The summed E-state index contributed by atoms with van der Waals surface area (Å²) in [6.07, 6.45) is 0. The Kier molecular flexibility index (Phi) is 5.73. The number of aryl methyl sites for hydroxylation is 1. The average molecular weight is 279 g/mol. The summed E-state index contributed by atoms with van der Waals surface area (Å²) in [6.45, 7) is 9.24. The Balaban J connectivity index is 2.97. The molecule has 2 N–H and O–H groups in total. The highest BCUT2D eigenvalue weighted by atomic mass is 16.1. The lowest BCUT2D eigenvalue weighted by Crippen LogP contribution is -2.35. The second-order valence-electron chi connectivity index (χ2n) is 4.99. The molecule has 0 fully saturated rings. The van der Waals surface area contributed by atoms with Crippen molar-refractivity contribution in [2.45, 2.75) is 27.7 Å². The van der Waals surface area contributed by atoms with Crippen molar-refractivity contribution in [3.8, 4) is 0 Å². The highest BCUT2D eigenvalue weighted by Gasteiger charge is 2.18. The molecule has 6 nitrogen and oxygen atoms in total. The van der Waals surface area contributed by atoms with Gasteiger partial charge in [-0.2, -0.15) is 0 Å². The molecule has 0 radical (unpaired) electrons. The van der Waals surface area contributed by atoms with Crippen LogP contribution in [-0.2, 0) is 4.79 Å². The third-order valence-electron chi connectivity index (χ3n) is 3.18. The van der Waals surface area contributed by atoms with E-state index in [0.717, 1.165) is 29.6 Å². The van der Waals surface area contributed by atoms with Crippen LogP contribution in [0.5, 0.6) is 0 Å². The van der Waals surface area contributed by atoms with Crippen molar-refractivity contribution in [1.29, 1.82) is 0 Å². The van der Waals surface area contributed by atoms with Gasteiger partial charge in [-0.25, -0.2) is 9.97 Å². The number of carbonyl (C=O) groups is 1. The van der Waals surface area contributed by atoms with Crippen molar-refractivity contribution >= 4 is 17.5 Å². The Labute approximate surface area is 121 Å². The molecule has 112 valence electrons. The molecule has 1 rings (SSSR count). The molecular weight excluding hydrogens is 254 g/mol. The summed E-state index contributed by atoms with van der Waals surface area (Å²) >= 11 is 0. The molecule has 0 saturated heterocycles. The van der Waals surface area contributed by atoms with Crippen LogP contribution in [0.25, 0.3) is 0 Å². The van der Waals surface area contributed by atoms with E-state index in [1.54, 1.807) is 7.05 Å². The summed E-state index contributed by atoms with van der Waals surface area (Å²) in [6, 6.07) is 0. The largest absolute Gasteiger partial charge is 0.370 e. The molecular formula is C14H25N5O. The number of nitrogens with one attached hydrogen (secondary N) is 2. The monoisotopic (exact) mass is 279 g/mol. The summed E-state index contributed by atoms with van der Waals surface area (Å²) < 4.78 is 0. The standard InChI is InChI=1S/C14H25N5O/c1-7-16-12-10(3)13(18-11(4)17-12)19(6)8-9(2)14(20)15-5/h9H,7-8H2,1-6H3,(H,15,20)(H,16,17,18). The maximum Gasteiger partial charge on any atom is 0.224 e. The molecule has 1 heterocycles. The van der Waals surface area contributed by atoms with Gasteiger partial charge in [0.25, 0.3) is 0 Å². The number of aromatic nitrogens is 2. The molecule has 1 unspecified atom stereocenters. The van der Waals surface area contributed by atoms with E-state index < -0.39 is 0 Å². The molecule has 20 heavy (non-hydrogen) atoms. The number of hydrogen-bond donors (Lipinski definition) is 2. The molecule has 0 aromatic carbocycles. The molecule has 0 aliphatic rings. The quantitative estimate of drug-likeness (QED) is 0.822. The SMILES string of the molecule is CCNc1nc(C)nc(N(C)CC(C)C(=O)NC)c1C. The first-order valence-corrected chi connectivity index (χ1v) is 6.92. The highest BCUT2D eigenvalue weighted by Crippen LogP contribution is 2.23. The van der Waals surface area contributed by atoms with E-state index in [-0.39, 0.29) is 11.8 Å². The van der Waals surface area contributed by atoms with Crippen LogP contribution < -0.4 is 15.5 Å². The van der Waals surface area contributed by atoms with Gasteiger partial charge in [-0.15, -0.1) is 0 Å². The van der Waals surface area contributed by atoms with Gasteiger partial charge in [0.15, 0.2) is 0 Å². The van der Waals surface area contributed by atoms with Crippen LogP contribution in [0.1, 0.15) is 25.2 Å². The van der Waals surface area contributed by atoms with Crippen molar-refractivity contribution in [2.75, 3.05) is 37.4 Å². The third-order valence-corrected chi connectivity index (χ3v) is 3.18. The number of nitrogens with zero attached hydrogens (tertiary/aromatic N) is 3. The second kappa shape index (κ2) is 7.07. The summed E-state index contributed by atoms with van der Waals surface area (Å²) in [7, 11) is 3.60. The number of anilines is 2. The normalized spacial score (nSPS) is 11.9. The van der Waals surface area contributed by atoms with Gasteiger partial charge in [-0.05, 0) is 20.8 Å². The minimum absolute atomic E-state index is 0.0344. The lowest BCUT2D eigenvalue weighted by molar-refractivity contribution is -0.123. The zero-order chi connectivity index (χ0) is 15.3. The molecule has 0 bridgehead atoms. The Morgan fingerprint density at radius 1 is 1.35 bits per heavy atom. The van der Waals surface area contributed by atoms with Crippen molar-refractivity contribution in [1.82, 2.24) is 15.3 Å². The highest BCUT2D eigenvalue weighted by molar-refractivity contribution is 5.78. The lowest BCUT2D eigenvalue weighted by Gasteiger charge is -2.24. The van der Waals surface area contributed by atoms with Gasteiger partial charge < -0.3 is 15.5 Å². The molecule has 1 aromatic heterocycles. The zero-order valence-corrected chi connectivity index (χ0v) is 13.2. The first kappa shape index (κ1) is 16.2. The van der Waals surface area contributed by atoms with Crippen LogP contribution in [0.3, 0.4) is 0 Å². The van der Waals surface area contributed by atoms with Crippen LogP contribution in [0, 0.1) is 19.8 Å². The van der Waals surface area contributed by atoms with E-state index in [1.165, 1.54) is 0 Å². The first-order valence-electron chi connectivity index (χ1n) is 6.92. The van der Waals surface area contributed by atoms with E-state index in [2.05, 4.69) is 20.6 Å².